The molecule has 1 aliphatic heterocycles. The summed E-state index contributed by atoms with van der Waals surface area (Å²) in [6.07, 6.45) is 3.73. The molecule has 6 heteroatoms. The predicted molar refractivity (Wildman–Crippen MR) is 95.1 cm³/mol. The maximum Gasteiger partial charge on any atom is 0.240 e. The van der Waals surface area contributed by atoms with Crippen LogP contribution in [0.4, 0.5) is 0 Å². The molecule has 138 valence electrons. The molecule has 3 rings (SSSR count). The van der Waals surface area contributed by atoms with E-state index in [1.54, 1.807) is 6.20 Å². The molecule has 1 saturated heterocycles. The zero-order valence-corrected chi connectivity index (χ0v) is 15.1. The Morgan fingerprint density at radius 2 is 2.12 bits per heavy atom. The van der Waals surface area contributed by atoms with Crippen LogP contribution in [0, 0.1) is 5.92 Å². The van der Waals surface area contributed by atoms with Crippen LogP contribution in [0.25, 0.3) is 0 Å². The Labute approximate surface area is 149 Å². The minimum atomic E-state index is -0.575. The van der Waals surface area contributed by atoms with Crippen molar-refractivity contribution in [3.8, 4) is 0 Å². The number of aliphatic hydroxyl groups excluding tert-OH is 1. The van der Waals surface area contributed by atoms with Crippen molar-refractivity contribution < 1.29 is 14.6 Å². The minimum absolute atomic E-state index is 0.00566. The van der Waals surface area contributed by atoms with Gasteiger partial charge in [-0.1, -0.05) is 6.07 Å². The monoisotopic (exact) mass is 347 g/mol. The second-order valence-electron chi connectivity index (χ2n) is 7.65. The van der Waals surface area contributed by atoms with Crippen LogP contribution < -0.4 is 5.32 Å². The largest absolute Gasteiger partial charge is 0.393 e. The molecule has 1 amide bonds. The molecule has 0 bridgehead atoms. The fourth-order valence-electron chi connectivity index (χ4n) is 3.65. The molecule has 0 spiro atoms. The van der Waals surface area contributed by atoms with Crippen molar-refractivity contribution in [2.24, 2.45) is 5.92 Å². The van der Waals surface area contributed by atoms with Crippen molar-refractivity contribution in [3.05, 3.63) is 30.1 Å². The van der Waals surface area contributed by atoms with Gasteiger partial charge in [0.1, 0.15) is 0 Å². The van der Waals surface area contributed by atoms with Gasteiger partial charge in [-0.25, -0.2) is 0 Å². The first kappa shape index (κ1) is 18.3. The Bertz CT molecular complexity index is 567. The number of carbonyl (C=O) groups is 1. The number of rotatable bonds is 6. The van der Waals surface area contributed by atoms with Gasteiger partial charge in [-0.3, -0.25) is 14.7 Å². The predicted octanol–water partition coefficient (Wildman–Crippen LogP) is 0.991. The number of aliphatic hydroxyl groups is 1. The van der Waals surface area contributed by atoms with Crippen molar-refractivity contribution in [1.29, 1.82) is 0 Å². The summed E-state index contributed by atoms with van der Waals surface area (Å²) in [5.74, 6) is 0.346. The summed E-state index contributed by atoms with van der Waals surface area (Å²) in [4.78, 5) is 19.6. The second kappa shape index (κ2) is 7.81. The number of hydrogen-bond donors (Lipinski definition) is 2. The first-order valence-electron chi connectivity index (χ1n) is 9.18. The summed E-state index contributed by atoms with van der Waals surface area (Å²) in [7, 11) is 0. The Balaban J connectivity index is 1.67. The number of amides is 1. The van der Waals surface area contributed by atoms with Crippen LogP contribution in [0.2, 0.25) is 0 Å². The fourth-order valence-corrected chi connectivity index (χ4v) is 3.65. The highest BCUT2D eigenvalue weighted by molar-refractivity contribution is 5.85. The lowest BCUT2D eigenvalue weighted by Gasteiger charge is -2.43. The highest BCUT2D eigenvalue weighted by Gasteiger charge is 2.40. The third kappa shape index (κ3) is 4.37. The van der Waals surface area contributed by atoms with Crippen LogP contribution in [0.1, 0.15) is 32.4 Å². The van der Waals surface area contributed by atoms with E-state index in [2.05, 4.69) is 15.2 Å². The molecule has 1 aliphatic carbocycles. The van der Waals surface area contributed by atoms with E-state index >= 15 is 0 Å². The quantitative estimate of drug-likeness (QED) is 0.803. The van der Waals surface area contributed by atoms with Crippen LogP contribution >= 0.6 is 0 Å². The lowest BCUT2D eigenvalue weighted by molar-refractivity contribution is -0.136. The van der Waals surface area contributed by atoms with Gasteiger partial charge in [-0.05, 0) is 44.7 Å². The Hall–Kier alpha value is -1.50. The van der Waals surface area contributed by atoms with Crippen molar-refractivity contribution in [3.63, 3.8) is 0 Å². The van der Waals surface area contributed by atoms with Gasteiger partial charge in [0.25, 0.3) is 0 Å². The number of pyridine rings is 1. The molecular formula is C19H29N3O3. The average Bonchev–Trinajstić information content (AvgIpc) is 2.60. The van der Waals surface area contributed by atoms with Gasteiger partial charge in [0, 0.05) is 37.4 Å². The number of ether oxygens (including phenoxy) is 1. The summed E-state index contributed by atoms with van der Waals surface area (Å²) in [6.45, 7) is 6.83. The smallest absolute Gasteiger partial charge is 0.240 e. The maximum atomic E-state index is 13.0. The van der Waals surface area contributed by atoms with Gasteiger partial charge in [0.2, 0.25) is 5.91 Å². The van der Waals surface area contributed by atoms with Crippen LogP contribution in [0.3, 0.4) is 0 Å². The van der Waals surface area contributed by atoms with Gasteiger partial charge in [-0.2, -0.15) is 0 Å². The number of carbonyl (C=O) groups excluding carboxylic acids is 1. The molecule has 25 heavy (non-hydrogen) atoms. The number of aromatic nitrogens is 1. The number of hydrogen-bond acceptors (Lipinski definition) is 5. The van der Waals surface area contributed by atoms with Gasteiger partial charge >= 0.3 is 0 Å². The van der Waals surface area contributed by atoms with E-state index in [1.165, 1.54) is 0 Å². The highest BCUT2D eigenvalue weighted by atomic mass is 16.5. The Morgan fingerprint density at radius 1 is 1.40 bits per heavy atom. The zero-order chi connectivity index (χ0) is 17.9. The van der Waals surface area contributed by atoms with Crippen molar-refractivity contribution >= 4 is 5.91 Å². The van der Waals surface area contributed by atoms with Gasteiger partial charge in [-0.15, -0.1) is 0 Å². The number of morpholine rings is 1. The van der Waals surface area contributed by atoms with Gasteiger partial charge in [0.15, 0.2) is 0 Å². The van der Waals surface area contributed by atoms with E-state index in [1.807, 2.05) is 32.0 Å². The summed E-state index contributed by atoms with van der Waals surface area (Å²) in [6, 6.07) is 5.85. The van der Waals surface area contributed by atoms with E-state index in [0.717, 1.165) is 31.6 Å². The molecule has 2 heterocycles. The zero-order valence-electron chi connectivity index (χ0n) is 15.1. The summed E-state index contributed by atoms with van der Waals surface area (Å²) in [5, 5.41) is 12.9. The summed E-state index contributed by atoms with van der Waals surface area (Å²) in [5.41, 5.74) is 0.396. The molecule has 1 atom stereocenters. The van der Waals surface area contributed by atoms with Crippen LogP contribution in [-0.4, -0.2) is 64.9 Å². The molecule has 0 radical (unpaired) electrons. The molecule has 6 nitrogen and oxygen atoms in total. The molecular weight excluding hydrogens is 318 g/mol. The fraction of sp³-hybridized carbons (Fsp3) is 0.684. The number of nitrogens with one attached hydrogen (secondary N) is 1. The third-order valence-electron chi connectivity index (χ3n) is 5.55. The molecule has 2 N–H and O–H groups in total. The second-order valence-corrected chi connectivity index (χ2v) is 7.65. The maximum absolute atomic E-state index is 13.0. The normalized spacial score (nSPS) is 25.9. The van der Waals surface area contributed by atoms with Crippen LogP contribution in [0.5, 0.6) is 0 Å². The third-order valence-corrected chi connectivity index (χ3v) is 5.55. The highest BCUT2D eigenvalue weighted by Crippen LogP contribution is 2.32. The standard InChI is InChI=1S/C19H29N3O3/c1-19(2,22-7-9-25-10-8-22)18(24)21-17(14-11-16(23)12-14)13-15-5-3-4-6-20-15/h3-6,14,16-17,23H,7-13H2,1-2H3,(H,21,24)/t14?,16?,17-/m0/s1. The van der Waals surface area contributed by atoms with Crippen molar-refractivity contribution in [1.82, 2.24) is 15.2 Å². The van der Waals surface area contributed by atoms with Crippen molar-refractivity contribution in [2.75, 3.05) is 26.3 Å². The first-order chi connectivity index (χ1) is 12.0. The van der Waals surface area contributed by atoms with Crippen LogP contribution in [-0.2, 0) is 16.0 Å². The average molecular weight is 347 g/mol. The Morgan fingerprint density at radius 3 is 2.72 bits per heavy atom. The topological polar surface area (TPSA) is 74.7 Å². The molecule has 1 aromatic heterocycles. The molecule has 1 saturated carbocycles. The lowest BCUT2D eigenvalue weighted by atomic mass is 9.75. The molecule has 0 unspecified atom stereocenters. The SMILES string of the molecule is CC(C)(C(=O)N[C@@H](Cc1ccccn1)C1CC(O)C1)N1CCOCC1. The summed E-state index contributed by atoms with van der Waals surface area (Å²) >= 11 is 0. The van der Waals surface area contributed by atoms with E-state index in [9.17, 15) is 9.90 Å². The number of nitrogens with zero attached hydrogens (tertiary/aromatic N) is 2. The van der Waals surface area contributed by atoms with E-state index < -0.39 is 5.54 Å². The Kier molecular flexibility index (Phi) is 5.71. The van der Waals surface area contributed by atoms with Crippen molar-refractivity contribution in [2.45, 2.75) is 50.8 Å². The van der Waals surface area contributed by atoms with E-state index in [4.69, 9.17) is 4.74 Å². The molecule has 1 aromatic rings. The van der Waals surface area contributed by atoms with Crippen LogP contribution in [0.15, 0.2) is 24.4 Å². The molecule has 0 aromatic carbocycles. The van der Waals surface area contributed by atoms with Gasteiger partial charge in [0.05, 0.1) is 24.9 Å². The van der Waals surface area contributed by atoms with E-state index in [0.29, 0.717) is 25.6 Å². The van der Waals surface area contributed by atoms with E-state index in [-0.39, 0.29) is 18.1 Å². The van der Waals surface area contributed by atoms with Gasteiger partial charge < -0.3 is 15.2 Å². The first-order valence-corrected chi connectivity index (χ1v) is 9.18. The minimum Gasteiger partial charge on any atom is -0.393 e. The molecule has 2 aliphatic rings. The summed E-state index contributed by atoms with van der Waals surface area (Å²) < 4.78 is 5.40. The molecule has 2 fully saturated rings. The lowest BCUT2D eigenvalue weighted by Crippen LogP contribution is -2.61.